The summed E-state index contributed by atoms with van der Waals surface area (Å²) in [6.45, 7) is 1.45. The van der Waals surface area contributed by atoms with Crippen LogP contribution in [0.5, 0.6) is 11.5 Å². The normalized spacial score (nSPS) is 10.0. The monoisotopic (exact) mass is 335 g/mol. The number of benzene rings is 1. The van der Waals surface area contributed by atoms with Gasteiger partial charge in [-0.1, -0.05) is 0 Å². The van der Waals surface area contributed by atoms with Crippen LogP contribution < -0.4 is 14.8 Å². The molecule has 23 heavy (non-hydrogen) atoms. The van der Waals surface area contributed by atoms with E-state index in [2.05, 4.69) is 5.32 Å². The fourth-order valence-corrected chi connectivity index (χ4v) is 2.67. The number of anilines is 1. The molecule has 7 heteroatoms. The Morgan fingerprint density at radius 2 is 1.78 bits per heavy atom. The van der Waals surface area contributed by atoms with Crippen molar-refractivity contribution in [3.05, 3.63) is 40.1 Å². The van der Waals surface area contributed by atoms with Crippen LogP contribution in [-0.2, 0) is 9.53 Å². The quantitative estimate of drug-likeness (QED) is 0.822. The lowest BCUT2D eigenvalue weighted by atomic mass is 10.2. The van der Waals surface area contributed by atoms with E-state index in [1.165, 1.54) is 25.6 Å². The zero-order valence-electron chi connectivity index (χ0n) is 13.0. The number of rotatable bonds is 6. The van der Waals surface area contributed by atoms with Gasteiger partial charge in [0.25, 0.3) is 5.91 Å². The Hall–Kier alpha value is -2.54. The van der Waals surface area contributed by atoms with E-state index in [9.17, 15) is 9.59 Å². The van der Waals surface area contributed by atoms with Gasteiger partial charge >= 0.3 is 5.97 Å². The van der Waals surface area contributed by atoms with Gasteiger partial charge in [0.1, 0.15) is 16.4 Å². The molecule has 0 aliphatic heterocycles. The maximum atomic E-state index is 11.9. The van der Waals surface area contributed by atoms with E-state index in [4.69, 9.17) is 14.2 Å². The van der Waals surface area contributed by atoms with Gasteiger partial charge in [-0.25, -0.2) is 4.79 Å². The molecular weight excluding hydrogens is 318 g/mol. The molecule has 1 amide bonds. The number of aryl methyl sites for hydroxylation is 1. The number of thiophene rings is 1. The summed E-state index contributed by atoms with van der Waals surface area (Å²) in [7, 11) is 3.04. The Balaban J connectivity index is 1.95. The van der Waals surface area contributed by atoms with E-state index < -0.39 is 11.9 Å². The van der Waals surface area contributed by atoms with Crippen LogP contribution in [0.15, 0.2) is 29.6 Å². The fraction of sp³-hybridized carbons (Fsp3) is 0.250. The summed E-state index contributed by atoms with van der Waals surface area (Å²) in [5.74, 6) is 0.149. The fourth-order valence-electron chi connectivity index (χ4n) is 1.86. The highest BCUT2D eigenvalue weighted by Gasteiger charge is 2.14. The van der Waals surface area contributed by atoms with Crippen molar-refractivity contribution in [2.45, 2.75) is 6.92 Å². The van der Waals surface area contributed by atoms with E-state index in [0.717, 1.165) is 5.56 Å². The van der Waals surface area contributed by atoms with Crippen molar-refractivity contribution in [3.63, 3.8) is 0 Å². The molecule has 2 aromatic rings. The first-order valence-electron chi connectivity index (χ1n) is 6.77. The Labute approximate surface area is 138 Å². The standard InChI is InChI=1S/C16H17NO5S/c1-10-4-5-23-15(10)16(19)22-9-14(18)17-11-6-12(20-2)8-13(7-11)21-3/h4-8H,9H2,1-3H3,(H,17,18). The van der Waals surface area contributed by atoms with Crippen LogP contribution in [0, 0.1) is 6.92 Å². The topological polar surface area (TPSA) is 73.9 Å². The van der Waals surface area contributed by atoms with Gasteiger partial charge in [0.2, 0.25) is 0 Å². The molecule has 0 bridgehead atoms. The maximum absolute atomic E-state index is 11.9. The number of carbonyl (C=O) groups is 2. The largest absolute Gasteiger partial charge is 0.497 e. The molecule has 1 heterocycles. The number of esters is 1. The SMILES string of the molecule is COc1cc(NC(=O)COC(=O)c2sccc2C)cc(OC)c1. The molecule has 0 spiro atoms. The number of methoxy groups -OCH3 is 2. The van der Waals surface area contributed by atoms with Crippen molar-refractivity contribution >= 4 is 28.9 Å². The Bertz CT molecular complexity index is 688. The zero-order valence-corrected chi connectivity index (χ0v) is 13.9. The lowest BCUT2D eigenvalue weighted by molar-refractivity contribution is -0.119. The molecule has 0 fully saturated rings. The lowest BCUT2D eigenvalue weighted by Crippen LogP contribution is -2.20. The van der Waals surface area contributed by atoms with Crippen LogP contribution in [0.4, 0.5) is 5.69 Å². The van der Waals surface area contributed by atoms with Gasteiger partial charge in [-0.2, -0.15) is 0 Å². The van der Waals surface area contributed by atoms with Gasteiger partial charge in [-0.15, -0.1) is 11.3 Å². The minimum atomic E-state index is -0.504. The highest BCUT2D eigenvalue weighted by atomic mass is 32.1. The molecule has 2 rings (SSSR count). The van der Waals surface area contributed by atoms with Crippen molar-refractivity contribution in [1.29, 1.82) is 0 Å². The number of hydrogen-bond acceptors (Lipinski definition) is 6. The summed E-state index contributed by atoms with van der Waals surface area (Å²) in [6, 6.07) is 6.80. The zero-order chi connectivity index (χ0) is 16.8. The molecule has 0 aliphatic carbocycles. The minimum absolute atomic E-state index is 0.365. The first-order valence-corrected chi connectivity index (χ1v) is 7.65. The first-order chi connectivity index (χ1) is 11.0. The van der Waals surface area contributed by atoms with Crippen LogP contribution in [-0.4, -0.2) is 32.7 Å². The summed E-state index contributed by atoms with van der Waals surface area (Å²) in [4.78, 5) is 24.3. The molecular formula is C16H17NO5S. The van der Waals surface area contributed by atoms with Crippen molar-refractivity contribution < 1.29 is 23.8 Å². The second-order valence-corrected chi connectivity index (χ2v) is 5.57. The number of nitrogens with one attached hydrogen (secondary N) is 1. The van der Waals surface area contributed by atoms with E-state index in [1.54, 1.807) is 23.6 Å². The first kappa shape index (κ1) is 16.8. The molecule has 0 radical (unpaired) electrons. The van der Waals surface area contributed by atoms with Gasteiger partial charge in [-0.3, -0.25) is 4.79 Å². The summed E-state index contributed by atoms with van der Waals surface area (Å²) in [5.41, 5.74) is 1.33. The Morgan fingerprint density at radius 3 is 2.30 bits per heavy atom. The summed E-state index contributed by atoms with van der Waals surface area (Å²) < 4.78 is 15.3. The molecule has 0 atom stereocenters. The molecule has 6 nitrogen and oxygen atoms in total. The molecule has 0 unspecified atom stereocenters. The predicted molar refractivity (Wildman–Crippen MR) is 87.5 cm³/mol. The highest BCUT2D eigenvalue weighted by molar-refractivity contribution is 7.12. The number of carbonyl (C=O) groups excluding carboxylic acids is 2. The average molecular weight is 335 g/mol. The van der Waals surface area contributed by atoms with Crippen LogP contribution in [0.25, 0.3) is 0 Å². The second-order valence-electron chi connectivity index (χ2n) is 4.66. The summed E-state index contributed by atoms with van der Waals surface area (Å²) in [5, 5.41) is 4.43. The number of amides is 1. The van der Waals surface area contributed by atoms with Gasteiger partial charge in [-0.05, 0) is 23.9 Å². The average Bonchev–Trinajstić information content (AvgIpc) is 2.98. The van der Waals surface area contributed by atoms with Gasteiger partial charge in [0.05, 0.1) is 14.2 Å². The third-order valence-electron chi connectivity index (χ3n) is 3.02. The molecule has 0 saturated carbocycles. The summed E-state index contributed by atoms with van der Waals surface area (Å²) in [6.07, 6.45) is 0. The smallest absolute Gasteiger partial charge is 0.349 e. The Morgan fingerprint density at radius 1 is 1.13 bits per heavy atom. The minimum Gasteiger partial charge on any atom is -0.497 e. The lowest BCUT2D eigenvalue weighted by Gasteiger charge is -2.10. The summed E-state index contributed by atoms with van der Waals surface area (Å²) >= 11 is 1.28. The molecule has 1 aromatic carbocycles. The molecule has 122 valence electrons. The molecule has 1 aromatic heterocycles. The highest BCUT2D eigenvalue weighted by Crippen LogP contribution is 2.25. The predicted octanol–water partition coefficient (Wildman–Crippen LogP) is 2.87. The van der Waals surface area contributed by atoms with Crippen molar-refractivity contribution in [2.75, 3.05) is 26.1 Å². The number of hydrogen-bond donors (Lipinski definition) is 1. The van der Waals surface area contributed by atoms with Crippen LogP contribution in [0.3, 0.4) is 0 Å². The van der Waals surface area contributed by atoms with Crippen LogP contribution in [0.2, 0.25) is 0 Å². The number of ether oxygens (including phenoxy) is 3. The van der Waals surface area contributed by atoms with Crippen molar-refractivity contribution in [2.24, 2.45) is 0 Å². The van der Waals surface area contributed by atoms with Crippen molar-refractivity contribution in [3.8, 4) is 11.5 Å². The van der Waals surface area contributed by atoms with Crippen molar-refractivity contribution in [1.82, 2.24) is 0 Å². The van der Waals surface area contributed by atoms with E-state index in [1.807, 2.05) is 13.0 Å². The second kappa shape index (κ2) is 7.64. The molecule has 1 N–H and O–H groups in total. The third-order valence-corrected chi connectivity index (χ3v) is 4.01. The van der Waals surface area contributed by atoms with Gasteiger partial charge in [0, 0.05) is 23.9 Å². The van der Waals surface area contributed by atoms with Gasteiger partial charge in [0.15, 0.2) is 6.61 Å². The van der Waals surface area contributed by atoms with E-state index in [0.29, 0.717) is 22.1 Å². The van der Waals surface area contributed by atoms with Crippen LogP contribution in [0.1, 0.15) is 15.2 Å². The maximum Gasteiger partial charge on any atom is 0.349 e. The molecule has 0 aliphatic rings. The Kier molecular flexibility index (Phi) is 5.59. The van der Waals surface area contributed by atoms with Gasteiger partial charge < -0.3 is 19.5 Å². The molecule has 0 saturated heterocycles. The van der Waals surface area contributed by atoms with E-state index >= 15 is 0 Å². The third kappa shape index (κ3) is 4.46. The van der Waals surface area contributed by atoms with Crippen LogP contribution >= 0.6 is 11.3 Å². The van der Waals surface area contributed by atoms with E-state index in [-0.39, 0.29) is 6.61 Å².